The Balaban J connectivity index is 2.08. The highest BCUT2D eigenvalue weighted by Crippen LogP contribution is 2.22. The zero-order valence-electron chi connectivity index (χ0n) is 12.9. The summed E-state index contributed by atoms with van der Waals surface area (Å²) in [5, 5.41) is 7.87. The fourth-order valence-electron chi connectivity index (χ4n) is 2.49. The number of nitrogens with zero attached hydrogens (tertiary/aromatic N) is 2. The zero-order chi connectivity index (χ0) is 14.5. The van der Waals surface area contributed by atoms with Crippen LogP contribution >= 0.6 is 0 Å². The van der Waals surface area contributed by atoms with E-state index in [2.05, 4.69) is 61.5 Å². The Kier molecular flexibility index (Phi) is 4.96. The highest BCUT2D eigenvalue weighted by molar-refractivity contribution is 5.25. The average molecular weight is 271 g/mol. The van der Waals surface area contributed by atoms with Gasteiger partial charge in [-0.15, -0.1) is 0 Å². The Morgan fingerprint density at radius 3 is 2.35 bits per heavy atom. The fourth-order valence-corrected chi connectivity index (χ4v) is 2.49. The van der Waals surface area contributed by atoms with Crippen molar-refractivity contribution in [2.24, 2.45) is 13.0 Å². The summed E-state index contributed by atoms with van der Waals surface area (Å²) in [6.07, 6.45) is 2.94. The van der Waals surface area contributed by atoms with Crippen LogP contribution in [0.5, 0.6) is 0 Å². The SMILES string of the molecule is CCc1ccc(C(NCc2ccnn2C)C(C)C)cc1. The van der Waals surface area contributed by atoms with Crippen LogP contribution in [0.3, 0.4) is 0 Å². The van der Waals surface area contributed by atoms with Gasteiger partial charge in [-0.3, -0.25) is 4.68 Å². The molecular weight excluding hydrogens is 246 g/mol. The molecule has 1 aromatic carbocycles. The molecule has 1 aromatic heterocycles. The first kappa shape index (κ1) is 14.8. The molecule has 2 aromatic rings. The minimum atomic E-state index is 0.371. The van der Waals surface area contributed by atoms with E-state index in [1.165, 1.54) is 16.8 Å². The van der Waals surface area contributed by atoms with Crippen molar-refractivity contribution >= 4 is 0 Å². The molecule has 0 saturated carbocycles. The van der Waals surface area contributed by atoms with Crippen molar-refractivity contribution in [1.82, 2.24) is 15.1 Å². The molecule has 1 unspecified atom stereocenters. The number of aromatic nitrogens is 2. The molecule has 0 spiro atoms. The highest BCUT2D eigenvalue weighted by atomic mass is 15.3. The largest absolute Gasteiger partial charge is 0.304 e. The first-order chi connectivity index (χ1) is 9.61. The predicted octanol–water partition coefficient (Wildman–Crippen LogP) is 3.47. The summed E-state index contributed by atoms with van der Waals surface area (Å²) < 4.78 is 1.92. The summed E-state index contributed by atoms with van der Waals surface area (Å²) in [5.41, 5.74) is 3.96. The van der Waals surface area contributed by atoms with Gasteiger partial charge in [0.25, 0.3) is 0 Å². The summed E-state index contributed by atoms with van der Waals surface area (Å²) >= 11 is 0. The van der Waals surface area contributed by atoms with Crippen LogP contribution in [0, 0.1) is 5.92 Å². The Labute approximate surface area is 122 Å². The van der Waals surface area contributed by atoms with Crippen molar-refractivity contribution in [3.05, 3.63) is 53.3 Å². The number of nitrogens with one attached hydrogen (secondary N) is 1. The number of benzene rings is 1. The fraction of sp³-hybridized carbons (Fsp3) is 0.471. The van der Waals surface area contributed by atoms with Crippen molar-refractivity contribution < 1.29 is 0 Å². The quantitative estimate of drug-likeness (QED) is 0.872. The lowest BCUT2D eigenvalue weighted by Crippen LogP contribution is -2.26. The summed E-state index contributed by atoms with van der Waals surface area (Å²) in [4.78, 5) is 0. The molecule has 1 heterocycles. The third-order valence-corrected chi connectivity index (χ3v) is 3.84. The average Bonchev–Trinajstić information content (AvgIpc) is 2.85. The van der Waals surface area contributed by atoms with E-state index in [-0.39, 0.29) is 0 Å². The predicted molar refractivity (Wildman–Crippen MR) is 83.4 cm³/mol. The molecule has 3 nitrogen and oxygen atoms in total. The van der Waals surface area contributed by atoms with Crippen LogP contribution in [0.15, 0.2) is 36.5 Å². The van der Waals surface area contributed by atoms with Crippen LogP contribution in [0.2, 0.25) is 0 Å². The van der Waals surface area contributed by atoms with Gasteiger partial charge in [-0.25, -0.2) is 0 Å². The molecule has 0 aliphatic heterocycles. The van der Waals surface area contributed by atoms with Gasteiger partial charge in [-0.1, -0.05) is 45.0 Å². The summed E-state index contributed by atoms with van der Waals surface area (Å²) in [6, 6.07) is 11.4. The molecule has 0 bridgehead atoms. The van der Waals surface area contributed by atoms with Gasteiger partial charge in [0.15, 0.2) is 0 Å². The number of aryl methyl sites for hydroxylation is 2. The highest BCUT2D eigenvalue weighted by Gasteiger charge is 2.15. The van der Waals surface area contributed by atoms with Gasteiger partial charge in [0.2, 0.25) is 0 Å². The third-order valence-electron chi connectivity index (χ3n) is 3.84. The molecule has 2 rings (SSSR count). The van der Waals surface area contributed by atoms with Crippen LogP contribution in [0.25, 0.3) is 0 Å². The molecule has 3 heteroatoms. The van der Waals surface area contributed by atoms with Crippen LogP contribution in [-0.4, -0.2) is 9.78 Å². The first-order valence-corrected chi connectivity index (χ1v) is 7.41. The van der Waals surface area contributed by atoms with E-state index < -0.39 is 0 Å². The Morgan fingerprint density at radius 1 is 1.15 bits per heavy atom. The second-order valence-corrected chi connectivity index (χ2v) is 5.64. The molecule has 0 fully saturated rings. The summed E-state index contributed by atoms with van der Waals surface area (Å²) in [6.45, 7) is 7.55. The van der Waals surface area contributed by atoms with Crippen LogP contribution in [-0.2, 0) is 20.0 Å². The molecule has 0 amide bonds. The van der Waals surface area contributed by atoms with Crippen LogP contribution in [0.4, 0.5) is 0 Å². The monoisotopic (exact) mass is 271 g/mol. The molecule has 1 atom stereocenters. The van der Waals surface area contributed by atoms with E-state index in [0.29, 0.717) is 12.0 Å². The van der Waals surface area contributed by atoms with Gasteiger partial charge in [-0.05, 0) is 29.5 Å². The maximum atomic E-state index is 4.21. The van der Waals surface area contributed by atoms with Gasteiger partial charge < -0.3 is 5.32 Å². The standard InChI is InChI=1S/C17H25N3/c1-5-14-6-8-15(9-7-14)17(13(2)3)18-12-16-10-11-19-20(16)4/h6-11,13,17-18H,5,12H2,1-4H3. The Morgan fingerprint density at radius 2 is 1.85 bits per heavy atom. The van der Waals surface area contributed by atoms with Gasteiger partial charge in [0.1, 0.15) is 0 Å². The lowest BCUT2D eigenvalue weighted by molar-refractivity contribution is 0.404. The lowest BCUT2D eigenvalue weighted by Gasteiger charge is -2.23. The zero-order valence-corrected chi connectivity index (χ0v) is 12.9. The Bertz CT molecular complexity index is 525. The molecule has 0 aliphatic rings. The molecule has 20 heavy (non-hydrogen) atoms. The molecule has 0 saturated heterocycles. The summed E-state index contributed by atoms with van der Waals surface area (Å²) in [5.74, 6) is 0.552. The van der Waals surface area contributed by atoms with Crippen molar-refractivity contribution in [1.29, 1.82) is 0 Å². The van der Waals surface area contributed by atoms with Gasteiger partial charge in [0.05, 0.1) is 5.69 Å². The smallest absolute Gasteiger partial charge is 0.0518 e. The van der Waals surface area contributed by atoms with Crippen molar-refractivity contribution in [3.63, 3.8) is 0 Å². The summed E-state index contributed by atoms with van der Waals surface area (Å²) in [7, 11) is 1.98. The third kappa shape index (κ3) is 3.48. The van der Waals surface area contributed by atoms with Crippen LogP contribution in [0.1, 0.15) is 43.6 Å². The van der Waals surface area contributed by atoms with Gasteiger partial charge in [0, 0.05) is 25.8 Å². The molecule has 1 N–H and O–H groups in total. The topological polar surface area (TPSA) is 29.9 Å². The second kappa shape index (κ2) is 6.71. The van der Waals surface area contributed by atoms with E-state index in [4.69, 9.17) is 0 Å². The second-order valence-electron chi connectivity index (χ2n) is 5.64. The number of rotatable bonds is 6. The Hall–Kier alpha value is -1.61. The van der Waals surface area contributed by atoms with Gasteiger partial charge in [-0.2, -0.15) is 5.10 Å². The van der Waals surface area contributed by atoms with Crippen molar-refractivity contribution in [2.75, 3.05) is 0 Å². The lowest BCUT2D eigenvalue weighted by atomic mass is 9.95. The van der Waals surface area contributed by atoms with E-state index in [9.17, 15) is 0 Å². The normalized spacial score (nSPS) is 12.8. The van der Waals surface area contributed by atoms with E-state index in [0.717, 1.165) is 13.0 Å². The van der Waals surface area contributed by atoms with E-state index >= 15 is 0 Å². The first-order valence-electron chi connectivity index (χ1n) is 7.41. The van der Waals surface area contributed by atoms with Crippen molar-refractivity contribution in [3.8, 4) is 0 Å². The maximum absolute atomic E-state index is 4.21. The van der Waals surface area contributed by atoms with E-state index in [1.807, 2.05) is 17.9 Å². The molecule has 0 radical (unpaired) electrons. The number of hydrogen-bond acceptors (Lipinski definition) is 2. The molecular formula is C17H25N3. The maximum Gasteiger partial charge on any atom is 0.0518 e. The van der Waals surface area contributed by atoms with E-state index in [1.54, 1.807) is 0 Å². The van der Waals surface area contributed by atoms with Gasteiger partial charge >= 0.3 is 0 Å². The molecule has 108 valence electrons. The minimum absolute atomic E-state index is 0.371. The molecule has 0 aliphatic carbocycles. The van der Waals surface area contributed by atoms with Crippen LogP contribution < -0.4 is 5.32 Å². The van der Waals surface area contributed by atoms with Crippen molar-refractivity contribution in [2.45, 2.75) is 39.8 Å². The number of hydrogen-bond donors (Lipinski definition) is 1. The minimum Gasteiger partial charge on any atom is -0.304 e.